The van der Waals surface area contributed by atoms with Crippen molar-refractivity contribution in [2.24, 2.45) is 5.73 Å². The van der Waals surface area contributed by atoms with Crippen molar-refractivity contribution in [1.82, 2.24) is 25.1 Å². The normalized spacial score (nSPS) is 15.2. The third kappa shape index (κ3) is 3.43. The highest BCUT2D eigenvalue weighted by Crippen LogP contribution is 2.33. The lowest BCUT2D eigenvalue weighted by atomic mass is 9.93. The number of nitrogens with two attached hydrogens (primary N) is 1. The van der Waals surface area contributed by atoms with Crippen LogP contribution in [-0.4, -0.2) is 58.6 Å². The maximum absolute atomic E-state index is 11.6. The molecule has 0 aliphatic carbocycles. The van der Waals surface area contributed by atoms with Crippen LogP contribution in [0.1, 0.15) is 17.4 Å². The van der Waals surface area contributed by atoms with E-state index in [0.29, 0.717) is 11.5 Å². The molecule has 118 valence electrons. The lowest BCUT2D eigenvalue weighted by Crippen LogP contribution is -2.44. The zero-order chi connectivity index (χ0) is 16.3. The van der Waals surface area contributed by atoms with Gasteiger partial charge in [0.25, 0.3) is 0 Å². The average Bonchev–Trinajstić information content (AvgIpc) is 3.09. The van der Waals surface area contributed by atoms with E-state index in [1.54, 1.807) is 6.92 Å². The molecule has 0 saturated carbocycles. The van der Waals surface area contributed by atoms with Crippen molar-refractivity contribution in [3.05, 3.63) is 24.0 Å². The Morgan fingerprint density at radius 2 is 2.09 bits per heavy atom. The van der Waals surface area contributed by atoms with Crippen molar-refractivity contribution in [3.8, 4) is 0 Å². The number of aryl methyl sites for hydroxylation is 1. The molecule has 11 heteroatoms. The molecule has 2 aromatic rings. The number of nitrogens with one attached hydrogen (secondary N) is 2. The van der Waals surface area contributed by atoms with Gasteiger partial charge in [-0.15, -0.1) is 5.10 Å². The molecule has 10 nitrogen and oxygen atoms in total. The molecule has 2 heterocycles. The highest BCUT2D eigenvalue weighted by Gasteiger charge is 2.39. The van der Waals surface area contributed by atoms with Crippen LogP contribution in [0.25, 0.3) is 0 Å². The van der Waals surface area contributed by atoms with Crippen LogP contribution < -0.4 is 5.73 Å². The number of carboxylic acid groups (broad SMARTS) is 2. The molecule has 22 heavy (non-hydrogen) atoms. The number of aliphatic carboxylic acids is 2. The SMILES string of the molecule is Cc1nc(SC(C(=O)O)C(c2cnc[nH]2)[C@H](N)C(=O)O)n[nH]1. The van der Waals surface area contributed by atoms with E-state index in [4.69, 9.17) is 10.8 Å². The molecule has 2 rings (SSSR count). The summed E-state index contributed by atoms with van der Waals surface area (Å²) in [6.45, 7) is 1.67. The molecule has 0 aromatic carbocycles. The second kappa shape index (κ2) is 6.58. The van der Waals surface area contributed by atoms with Crippen molar-refractivity contribution < 1.29 is 19.8 Å². The van der Waals surface area contributed by atoms with Gasteiger partial charge in [0.15, 0.2) is 0 Å². The third-order valence-corrected chi connectivity index (χ3v) is 4.07. The number of thioether (sulfide) groups is 1. The van der Waals surface area contributed by atoms with Gasteiger partial charge >= 0.3 is 11.9 Å². The standard InChI is InChI=1S/C11H14N6O4S/c1-4-15-11(17-16-4)22-8(10(20)21)6(7(12)9(18)19)5-2-13-3-14-5/h2-3,6-8H,12H2,1H3,(H,13,14)(H,18,19)(H,20,21)(H,15,16,17)/t6?,7-,8?/m0/s1. The van der Waals surface area contributed by atoms with Crippen LogP contribution in [0.3, 0.4) is 0 Å². The second-order valence-corrected chi connectivity index (χ2v) is 5.59. The van der Waals surface area contributed by atoms with Crippen LogP contribution in [0.4, 0.5) is 0 Å². The molecule has 0 aliphatic rings. The molecule has 2 aromatic heterocycles. The Labute approximate surface area is 128 Å². The van der Waals surface area contributed by atoms with Crippen molar-refractivity contribution >= 4 is 23.7 Å². The Balaban J connectivity index is 2.36. The van der Waals surface area contributed by atoms with E-state index in [0.717, 1.165) is 11.8 Å². The average molecular weight is 326 g/mol. The molecule has 2 unspecified atom stereocenters. The van der Waals surface area contributed by atoms with Gasteiger partial charge in [-0.25, -0.2) is 9.97 Å². The Morgan fingerprint density at radius 1 is 1.36 bits per heavy atom. The van der Waals surface area contributed by atoms with E-state index >= 15 is 0 Å². The third-order valence-electron chi connectivity index (χ3n) is 2.93. The number of aromatic nitrogens is 5. The first-order chi connectivity index (χ1) is 10.4. The van der Waals surface area contributed by atoms with Gasteiger partial charge in [0.2, 0.25) is 5.16 Å². The Bertz CT molecular complexity index is 657. The molecular formula is C11H14N6O4S. The predicted molar refractivity (Wildman–Crippen MR) is 75.3 cm³/mol. The minimum Gasteiger partial charge on any atom is -0.480 e. The van der Waals surface area contributed by atoms with E-state index in [-0.39, 0.29) is 5.16 Å². The van der Waals surface area contributed by atoms with Gasteiger partial charge in [0.1, 0.15) is 17.1 Å². The van der Waals surface area contributed by atoms with E-state index < -0.39 is 29.1 Å². The highest BCUT2D eigenvalue weighted by molar-refractivity contribution is 8.00. The fourth-order valence-corrected chi connectivity index (χ4v) is 2.99. The van der Waals surface area contributed by atoms with Crippen molar-refractivity contribution in [2.45, 2.75) is 29.3 Å². The summed E-state index contributed by atoms with van der Waals surface area (Å²) < 4.78 is 0. The number of rotatable bonds is 7. The Hall–Kier alpha value is -2.40. The monoisotopic (exact) mass is 326 g/mol. The summed E-state index contributed by atoms with van der Waals surface area (Å²) in [7, 11) is 0. The van der Waals surface area contributed by atoms with Crippen molar-refractivity contribution in [3.63, 3.8) is 0 Å². The Morgan fingerprint density at radius 3 is 2.55 bits per heavy atom. The first-order valence-corrected chi connectivity index (χ1v) is 7.03. The number of hydrogen-bond donors (Lipinski definition) is 5. The minimum absolute atomic E-state index is 0.201. The van der Waals surface area contributed by atoms with E-state index in [2.05, 4.69) is 25.1 Å². The van der Waals surface area contributed by atoms with E-state index in [1.165, 1.54) is 12.5 Å². The second-order valence-electron chi connectivity index (χ2n) is 4.48. The van der Waals surface area contributed by atoms with E-state index in [9.17, 15) is 14.7 Å². The van der Waals surface area contributed by atoms with Crippen LogP contribution in [0.2, 0.25) is 0 Å². The fourth-order valence-electron chi connectivity index (χ4n) is 1.91. The Kier molecular flexibility index (Phi) is 4.78. The molecule has 0 bridgehead atoms. The zero-order valence-electron chi connectivity index (χ0n) is 11.4. The fraction of sp³-hybridized carbons (Fsp3) is 0.364. The van der Waals surface area contributed by atoms with Gasteiger partial charge in [0, 0.05) is 17.8 Å². The molecule has 0 saturated heterocycles. The van der Waals surface area contributed by atoms with Gasteiger partial charge < -0.3 is 20.9 Å². The summed E-state index contributed by atoms with van der Waals surface area (Å²) in [6, 6.07) is -1.42. The number of H-pyrrole nitrogens is 2. The summed E-state index contributed by atoms with van der Waals surface area (Å²) in [5, 5.41) is 24.1. The molecule has 3 atom stereocenters. The summed E-state index contributed by atoms with van der Waals surface area (Å²) in [6.07, 6.45) is 2.69. The zero-order valence-corrected chi connectivity index (χ0v) is 12.2. The van der Waals surface area contributed by atoms with E-state index in [1.807, 2.05) is 0 Å². The smallest absolute Gasteiger partial charge is 0.321 e. The van der Waals surface area contributed by atoms with Crippen LogP contribution in [0.5, 0.6) is 0 Å². The van der Waals surface area contributed by atoms with Crippen LogP contribution in [0, 0.1) is 6.92 Å². The quantitative estimate of drug-likeness (QED) is 0.423. The number of nitrogens with zero attached hydrogens (tertiary/aromatic N) is 3. The molecule has 0 amide bonds. The molecule has 0 fully saturated rings. The minimum atomic E-state index is -1.42. The number of aromatic amines is 2. The lowest BCUT2D eigenvalue weighted by molar-refractivity contribution is -0.140. The molecular weight excluding hydrogens is 312 g/mol. The summed E-state index contributed by atoms with van der Waals surface area (Å²) in [4.78, 5) is 33.4. The van der Waals surface area contributed by atoms with Gasteiger partial charge in [0.05, 0.1) is 6.33 Å². The largest absolute Gasteiger partial charge is 0.480 e. The van der Waals surface area contributed by atoms with Gasteiger partial charge in [-0.3, -0.25) is 14.7 Å². The van der Waals surface area contributed by atoms with Crippen LogP contribution >= 0.6 is 11.8 Å². The highest BCUT2D eigenvalue weighted by atomic mass is 32.2. The summed E-state index contributed by atoms with van der Waals surface area (Å²) >= 11 is 0.826. The van der Waals surface area contributed by atoms with Gasteiger partial charge in [-0.1, -0.05) is 11.8 Å². The molecule has 0 radical (unpaired) electrons. The maximum Gasteiger partial charge on any atom is 0.321 e. The van der Waals surface area contributed by atoms with Crippen molar-refractivity contribution in [2.75, 3.05) is 0 Å². The summed E-state index contributed by atoms with van der Waals surface area (Å²) in [5.74, 6) is -3.03. The van der Waals surface area contributed by atoms with Gasteiger partial charge in [-0.2, -0.15) is 0 Å². The number of hydrogen-bond acceptors (Lipinski definition) is 7. The number of imidazole rings is 1. The molecule has 0 aliphatic heterocycles. The van der Waals surface area contributed by atoms with Crippen molar-refractivity contribution in [1.29, 1.82) is 0 Å². The predicted octanol–water partition coefficient (Wildman–Crippen LogP) is -0.423. The maximum atomic E-state index is 11.6. The first-order valence-electron chi connectivity index (χ1n) is 6.15. The van der Waals surface area contributed by atoms with Gasteiger partial charge in [-0.05, 0) is 6.92 Å². The number of carbonyl (C=O) groups is 2. The first kappa shape index (κ1) is 16.0. The van der Waals surface area contributed by atoms with Crippen LogP contribution in [-0.2, 0) is 9.59 Å². The number of carboxylic acids is 2. The van der Waals surface area contributed by atoms with Crippen LogP contribution in [0.15, 0.2) is 17.7 Å². The molecule has 0 spiro atoms. The topological polar surface area (TPSA) is 171 Å². The lowest BCUT2D eigenvalue weighted by Gasteiger charge is -2.24. The summed E-state index contributed by atoms with van der Waals surface area (Å²) in [5.41, 5.74) is 6.00. The molecule has 6 N–H and O–H groups in total.